The van der Waals surface area contributed by atoms with Gasteiger partial charge in [-0.15, -0.1) is 0 Å². The second-order valence-corrected chi connectivity index (χ2v) is 4.79. The molecule has 0 saturated heterocycles. The number of carboxylic acid groups (broad SMARTS) is 1. The van der Waals surface area contributed by atoms with Gasteiger partial charge in [0, 0.05) is 17.0 Å². The minimum atomic E-state index is -1.37. The Kier molecular flexibility index (Phi) is 4.13. The number of rotatable bonds is 4. The molecule has 1 N–H and O–H groups in total. The first kappa shape index (κ1) is 14.9. The van der Waals surface area contributed by atoms with Gasteiger partial charge in [-0.25, -0.2) is 18.6 Å². The van der Waals surface area contributed by atoms with Gasteiger partial charge >= 0.3 is 11.7 Å². The molecule has 1 aromatic heterocycles. The third-order valence-electron chi connectivity index (χ3n) is 2.36. The number of carbonyl (C=O) groups is 1. The van der Waals surface area contributed by atoms with Crippen molar-refractivity contribution in [3.8, 4) is 0 Å². The minimum absolute atomic E-state index is 0.102. The fraction of sp³-hybridized carbons (Fsp3) is 0. The Morgan fingerprint density at radius 2 is 2.00 bits per heavy atom. The molecule has 0 saturated carbocycles. The van der Waals surface area contributed by atoms with Crippen LogP contribution in [0.25, 0.3) is 0 Å². The fourth-order valence-electron chi connectivity index (χ4n) is 1.43. The molecule has 9 heteroatoms. The third-order valence-corrected chi connectivity index (χ3v) is 3.40. The summed E-state index contributed by atoms with van der Waals surface area (Å²) in [4.78, 5) is 24.5. The summed E-state index contributed by atoms with van der Waals surface area (Å²) in [5.74, 6) is -3.08. The van der Waals surface area contributed by atoms with Crippen molar-refractivity contribution >= 4 is 23.4 Å². The Hall–Kier alpha value is -2.55. The SMILES string of the molecule is O=C(O)c1ccc([N+](=O)[O-])c(Sc2ccc(F)cc2F)n1. The zero-order valence-electron chi connectivity index (χ0n) is 10.1. The van der Waals surface area contributed by atoms with Crippen LogP contribution >= 0.6 is 11.8 Å². The zero-order chi connectivity index (χ0) is 15.6. The Balaban J connectivity index is 2.48. The van der Waals surface area contributed by atoms with E-state index in [9.17, 15) is 23.7 Å². The van der Waals surface area contributed by atoms with Gasteiger partial charge in [-0.05, 0) is 18.2 Å². The first-order chi connectivity index (χ1) is 9.88. The van der Waals surface area contributed by atoms with E-state index in [1.807, 2.05) is 0 Å². The minimum Gasteiger partial charge on any atom is -0.477 e. The van der Waals surface area contributed by atoms with Crippen molar-refractivity contribution in [1.82, 2.24) is 4.98 Å². The summed E-state index contributed by atoms with van der Waals surface area (Å²) in [6.07, 6.45) is 0. The van der Waals surface area contributed by atoms with Gasteiger partial charge in [0.25, 0.3) is 0 Å². The molecule has 0 unspecified atom stereocenters. The first-order valence-corrected chi connectivity index (χ1v) is 6.22. The van der Waals surface area contributed by atoms with Crippen molar-refractivity contribution in [3.05, 3.63) is 57.8 Å². The van der Waals surface area contributed by atoms with Crippen LogP contribution in [0, 0.1) is 21.7 Å². The third kappa shape index (κ3) is 3.31. The molecule has 0 bridgehead atoms. The Labute approximate surface area is 120 Å². The molecule has 0 aliphatic carbocycles. The fourth-order valence-corrected chi connectivity index (χ4v) is 2.32. The lowest BCUT2D eigenvalue weighted by atomic mass is 10.3. The number of carboxylic acids is 1. The van der Waals surface area contributed by atoms with E-state index in [4.69, 9.17) is 5.11 Å². The van der Waals surface area contributed by atoms with Crippen LogP contribution in [0.5, 0.6) is 0 Å². The van der Waals surface area contributed by atoms with Crippen molar-refractivity contribution in [1.29, 1.82) is 0 Å². The molecule has 6 nitrogen and oxygen atoms in total. The van der Waals surface area contributed by atoms with Crippen molar-refractivity contribution in [2.24, 2.45) is 0 Å². The molecular formula is C12H6F2N2O4S. The summed E-state index contributed by atoms with van der Waals surface area (Å²) in [6, 6.07) is 4.65. The number of nitro groups is 1. The van der Waals surface area contributed by atoms with Gasteiger partial charge < -0.3 is 5.11 Å². The molecule has 0 amide bonds. The highest BCUT2D eigenvalue weighted by atomic mass is 32.2. The monoisotopic (exact) mass is 312 g/mol. The smallest absolute Gasteiger partial charge is 0.354 e. The lowest BCUT2D eigenvalue weighted by Crippen LogP contribution is -2.03. The Morgan fingerprint density at radius 1 is 1.29 bits per heavy atom. The lowest BCUT2D eigenvalue weighted by molar-refractivity contribution is -0.388. The highest BCUT2D eigenvalue weighted by Crippen LogP contribution is 2.34. The second kappa shape index (κ2) is 5.83. The number of benzene rings is 1. The molecular weight excluding hydrogens is 306 g/mol. The Bertz CT molecular complexity index is 739. The number of aromatic nitrogens is 1. The highest BCUT2D eigenvalue weighted by molar-refractivity contribution is 7.99. The van der Waals surface area contributed by atoms with Gasteiger partial charge in [0.05, 0.1) is 4.92 Å². The normalized spacial score (nSPS) is 10.4. The molecule has 108 valence electrons. The predicted molar refractivity (Wildman–Crippen MR) is 68.3 cm³/mol. The van der Waals surface area contributed by atoms with Crippen molar-refractivity contribution in [3.63, 3.8) is 0 Å². The molecule has 0 atom stereocenters. The van der Waals surface area contributed by atoms with Crippen LogP contribution in [0.2, 0.25) is 0 Å². The maximum Gasteiger partial charge on any atom is 0.354 e. The number of nitrogens with zero attached hydrogens (tertiary/aromatic N) is 2. The lowest BCUT2D eigenvalue weighted by Gasteiger charge is -2.04. The maximum atomic E-state index is 13.6. The second-order valence-electron chi connectivity index (χ2n) is 3.76. The number of pyridine rings is 1. The molecule has 21 heavy (non-hydrogen) atoms. The zero-order valence-corrected chi connectivity index (χ0v) is 10.9. The van der Waals surface area contributed by atoms with E-state index in [-0.39, 0.29) is 9.92 Å². The van der Waals surface area contributed by atoms with E-state index in [1.165, 1.54) is 0 Å². The van der Waals surface area contributed by atoms with E-state index in [0.717, 1.165) is 24.3 Å². The standard InChI is InChI=1S/C12H6F2N2O4S/c13-6-1-4-10(7(14)5-6)21-11-9(16(19)20)3-2-8(15-11)12(17)18/h1-5H,(H,17,18). The molecule has 2 aromatic rings. The van der Waals surface area contributed by atoms with E-state index in [1.54, 1.807) is 0 Å². The molecule has 0 spiro atoms. The molecule has 1 aromatic carbocycles. The van der Waals surface area contributed by atoms with Gasteiger partial charge in [0.15, 0.2) is 5.03 Å². The number of aromatic carboxylic acids is 1. The summed E-state index contributed by atoms with van der Waals surface area (Å²) in [5.41, 5.74) is -0.876. The molecule has 0 aliphatic heterocycles. The number of hydrogen-bond donors (Lipinski definition) is 1. The van der Waals surface area contributed by atoms with Crippen LogP contribution in [0.3, 0.4) is 0 Å². The van der Waals surface area contributed by atoms with E-state index in [0.29, 0.717) is 17.8 Å². The molecule has 0 radical (unpaired) electrons. The summed E-state index contributed by atoms with van der Waals surface area (Å²) in [6.45, 7) is 0. The van der Waals surface area contributed by atoms with Gasteiger partial charge in [-0.1, -0.05) is 11.8 Å². The van der Waals surface area contributed by atoms with Crippen LogP contribution in [-0.4, -0.2) is 21.0 Å². The van der Waals surface area contributed by atoms with E-state index < -0.39 is 33.9 Å². The molecule has 2 rings (SSSR count). The van der Waals surface area contributed by atoms with Crippen LogP contribution < -0.4 is 0 Å². The summed E-state index contributed by atoms with van der Waals surface area (Å²) < 4.78 is 26.4. The molecule has 0 aliphatic rings. The topological polar surface area (TPSA) is 93.3 Å². The predicted octanol–water partition coefficient (Wildman–Crippen LogP) is 3.12. The summed E-state index contributed by atoms with van der Waals surface area (Å²) in [5, 5.41) is 19.4. The average Bonchev–Trinajstić information content (AvgIpc) is 2.41. The van der Waals surface area contributed by atoms with E-state index in [2.05, 4.69) is 4.98 Å². The van der Waals surface area contributed by atoms with Gasteiger partial charge in [0.2, 0.25) is 0 Å². The highest BCUT2D eigenvalue weighted by Gasteiger charge is 2.20. The largest absolute Gasteiger partial charge is 0.477 e. The molecule has 0 fully saturated rings. The van der Waals surface area contributed by atoms with Crippen LogP contribution in [0.1, 0.15) is 10.5 Å². The van der Waals surface area contributed by atoms with Crippen LogP contribution in [0.15, 0.2) is 40.3 Å². The van der Waals surface area contributed by atoms with Gasteiger partial charge in [-0.3, -0.25) is 10.1 Å². The quantitative estimate of drug-likeness (QED) is 0.688. The number of hydrogen-bond acceptors (Lipinski definition) is 5. The van der Waals surface area contributed by atoms with Crippen LogP contribution in [0.4, 0.5) is 14.5 Å². The maximum absolute atomic E-state index is 13.6. The van der Waals surface area contributed by atoms with E-state index >= 15 is 0 Å². The molecule has 1 heterocycles. The summed E-state index contributed by atoms with van der Waals surface area (Å²) in [7, 11) is 0. The van der Waals surface area contributed by atoms with Gasteiger partial charge in [0.1, 0.15) is 17.3 Å². The average molecular weight is 312 g/mol. The van der Waals surface area contributed by atoms with Gasteiger partial charge in [-0.2, -0.15) is 0 Å². The van der Waals surface area contributed by atoms with Crippen LogP contribution in [-0.2, 0) is 0 Å². The van der Waals surface area contributed by atoms with Crippen molar-refractivity contribution < 1.29 is 23.6 Å². The van der Waals surface area contributed by atoms with Crippen molar-refractivity contribution in [2.45, 2.75) is 9.92 Å². The first-order valence-electron chi connectivity index (χ1n) is 5.40. The summed E-state index contributed by atoms with van der Waals surface area (Å²) >= 11 is 0.552. The van der Waals surface area contributed by atoms with Crippen molar-refractivity contribution in [2.75, 3.05) is 0 Å². The Morgan fingerprint density at radius 3 is 2.57 bits per heavy atom. The number of halogens is 2.